The minimum Gasteiger partial charge on any atom is -0.545 e. The summed E-state index contributed by atoms with van der Waals surface area (Å²) >= 11 is 0. The summed E-state index contributed by atoms with van der Waals surface area (Å²) in [6, 6.07) is 13.3. The number of nitrogens with zero attached hydrogens (tertiary/aromatic N) is 2. The van der Waals surface area contributed by atoms with Gasteiger partial charge < -0.3 is 19.7 Å². The van der Waals surface area contributed by atoms with Gasteiger partial charge in [-0.25, -0.2) is 0 Å². The number of hydrogen-bond acceptors (Lipinski definition) is 4. The molecular formula is C20H19N2O4-. The summed E-state index contributed by atoms with van der Waals surface area (Å²) in [5.74, 6) is -1.59. The molecule has 1 saturated heterocycles. The summed E-state index contributed by atoms with van der Waals surface area (Å²) in [4.78, 5) is 39.5. The Labute approximate surface area is 151 Å². The lowest BCUT2D eigenvalue weighted by molar-refractivity contribution is -0.255. The van der Waals surface area contributed by atoms with E-state index in [2.05, 4.69) is 0 Å². The average Bonchev–Trinajstić information content (AvgIpc) is 2.67. The molecule has 1 aliphatic heterocycles. The molecule has 1 aliphatic rings. The standard InChI is InChI=1S/C20H20N2O4/c1-14-4-2-5-15(12-14)18(23)21-8-10-22(11-9-21)19(24)16-6-3-7-17(13-16)20(25)26/h2-7,12-13H,8-11H2,1H3,(H,25,26)/p-1. The van der Waals surface area contributed by atoms with E-state index in [-0.39, 0.29) is 17.4 Å². The van der Waals surface area contributed by atoms with Gasteiger partial charge in [0.25, 0.3) is 11.8 Å². The third-order valence-electron chi connectivity index (χ3n) is 4.46. The fourth-order valence-electron chi connectivity index (χ4n) is 3.04. The van der Waals surface area contributed by atoms with Crippen LogP contribution in [0.25, 0.3) is 0 Å². The normalized spacial score (nSPS) is 14.2. The van der Waals surface area contributed by atoms with Gasteiger partial charge >= 0.3 is 0 Å². The Balaban J connectivity index is 1.65. The molecule has 0 bridgehead atoms. The Morgan fingerprint density at radius 1 is 0.769 bits per heavy atom. The number of amides is 2. The highest BCUT2D eigenvalue weighted by molar-refractivity contribution is 5.97. The summed E-state index contributed by atoms with van der Waals surface area (Å²) in [7, 11) is 0. The lowest BCUT2D eigenvalue weighted by atomic mass is 10.1. The van der Waals surface area contributed by atoms with Crippen molar-refractivity contribution in [2.75, 3.05) is 26.2 Å². The molecule has 2 aromatic carbocycles. The number of aryl methyl sites for hydroxylation is 1. The smallest absolute Gasteiger partial charge is 0.253 e. The number of benzene rings is 2. The summed E-state index contributed by atoms with van der Waals surface area (Å²) < 4.78 is 0. The molecule has 1 heterocycles. The molecule has 0 spiro atoms. The Kier molecular flexibility index (Phi) is 5.02. The maximum Gasteiger partial charge on any atom is 0.253 e. The van der Waals surface area contributed by atoms with Gasteiger partial charge in [0, 0.05) is 37.3 Å². The largest absolute Gasteiger partial charge is 0.545 e. The quantitative estimate of drug-likeness (QED) is 0.825. The minimum atomic E-state index is -1.31. The topological polar surface area (TPSA) is 80.8 Å². The van der Waals surface area contributed by atoms with Gasteiger partial charge in [-0.05, 0) is 36.8 Å². The van der Waals surface area contributed by atoms with Crippen molar-refractivity contribution in [1.29, 1.82) is 0 Å². The zero-order valence-electron chi connectivity index (χ0n) is 14.5. The molecule has 0 aliphatic carbocycles. The van der Waals surface area contributed by atoms with Crippen LogP contribution in [0, 0.1) is 6.92 Å². The van der Waals surface area contributed by atoms with E-state index < -0.39 is 5.97 Å². The molecule has 6 heteroatoms. The third kappa shape index (κ3) is 3.74. The molecule has 0 radical (unpaired) electrons. The van der Waals surface area contributed by atoms with Crippen molar-refractivity contribution in [2.24, 2.45) is 0 Å². The molecule has 0 unspecified atom stereocenters. The maximum atomic E-state index is 12.6. The predicted molar refractivity (Wildman–Crippen MR) is 93.8 cm³/mol. The Morgan fingerprint density at radius 3 is 1.73 bits per heavy atom. The fourth-order valence-corrected chi connectivity index (χ4v) is 3.04. The van der Waals surface area contributed by atoms with Gasteiger partial charge in [-0.3, -0.25) is 9.59 Å². The highest BCUT2D eigenvalue weighted by atomic mass is 16.4. The number of aromatic carboxylic acids is 1. The van der Waals surface area contributed by atoms with E-state index in [4.69, 9.17) is 0 Å². The number of carbonyl (C=O) groups excluding carboxylic acids is 3. The molecule has 2 amide bonds. The first kappa shape index (κ1) is 17.7. The second kappa shape index (κ2) is 7.39. The zero-order valence-corrected chi connectivity index (χ0v) is 14.5. The number of carboxylic acids is 1. The molecule has 0 aromatic heterocycles. The Bertz CT molecular complexity index is 854. The van der Waals surface area contributed by atoms with Crippen molar-refractivity contribution in [3.63, 3.8) is 0 Å². The van der Waals surface area contributed by atoms with Crippen molar-refractivity contribution >= 4 is 17.8 Å². The first-order chi connectivity index (χ1) is 12.5. The van der Waals surface area contributed by atoms with Crippen molar-refractivity contribution in [3.8, 4) is 0 Å². The van der Waals surface area contributed by atoms with Crippen LogP contribution >= 0.6 is 0 Å². The number of piperazine rings is 1. The third-order valence-corrected chi connectivity index (χ3v) is 4.46. The molecular weight excluding hydrogens is 332 g/mol. The molecule has 0 N–H and O–H groups in total. The van der Waals surface area contributed by atoms with Gasteiger partial charge in [0.2, 0.25) is 0 Å². The summed E-state index contributed by atoms with van der Waals surface area (Å²) in [6.07, 6.45) is 0. The van der Waals surface area contributed by atoms with Crippen LogP contribution < -0.4 is 5.11 Å². The van der Waals surface area contributed by atoms with Gasteiger partial charge in [-0.2, -0.15) is 0 Å². The highest BCUT2D eigenvalue weighted by Gasteiger charge is 2.25. The van der Waals surface area contributed by atoms with E-state index in [9.17, 15) is 19.5 Å². The van der Waals surface area contributed by atoms with E-state index in [1.54, 1.807) is 21.9 Å². The predicted octanol–water partition coefficient (Wildman–Crippen LogP) is 0.957. The van der Waals surface area contributed by atoms with E-state index in [0.29, 0.717) is 37.3 Å². The highest BCUT2D eigenvalue weighted by Crippen LogP contribution is 2.14. The summed E-state index contributed by atoms with van der Waals surface area (Å²) in [5.41, 5.74) is 1.96. The molecule has 0 atom stereocenters. The van der Waals surface area contributed by atoms with E-state index in [1.807, 2.05) is 25.1 Å². The number of hydrogen-bond donors (Lipinski definition) is 0. The average molecular weight is 351 g/mol. The molecule has 6 nitrogen and oxygen atoms in total. The van der Waals surface area contributed by atoms with Crippen LogP contribution in [0.4, 0.5) is 0 Å². The van der Waals surface area contributed by atoms with Crippen LogP contribution in [0.5, 0.6) is 0 Å². The van der Waals surface area contributed by atoms with E-state index in [1.165, 1.54) is 18.2 Å². The number of carbonyl (C=O) groups is 3. The van der Waals surface area contributed by atoms with Gasteiger partial charge in [-0.15, -0.1) is 0 Å². The van der Waals surface area contributed by atoms with Crippen LogP contribution in [-0.2, 0) is 0 Å². The monoisotopic (exact) mass is 351 g/mol. The second-order valence-electron chi connectivity index (χ2n) is 6.32. The van der Waals surface area contributed by atoms with Gasteiger partial charge in [0.05, 0.1) is 5.97 Å². The van der Waals surface area contributed by atoms with Gasteiger partial charge in [0.15, 0.2) is 0 Å². The fraction of sp³-hybridized carbons (Fsp3) is 0.250. The molecule has 26 heavy (non-hydrogen) atoms. The van der Waals surface area contributed by atoms with Crippen molar-refractivity contribution in [2.45, 2.75) is 6.92 Å². The minimum absolute atomic E-state index is 0.0240. The molecule has 1 fully saturated rings. The second-order valence-corrected chi connectivity index (χ2v) is 6.32. The lowest BCUT2D eigenvalue weighted by Crippen LogP contribution is -2.50. The van der Waals surface area contributed by atoms with Crippen molar-refractivity contribution in [1.82, 2.24) is 9.80 Å². The first-order valence-corrected chi connectivity index (χ1v) is 8.42. The molecule has 134 valence electrons. The maximum absolute atomic E-state index is 12.6. The van der Waals surface area contributed by atoms with Crippen LogP contribution in [0.3, 0.4) is 0 Å². The lowest BCUT2D eigenvalue weighted by Gasteiger charge is -2.35. The Hall–Kier alpha value is -3.15. The molecule has 2 aromatic rings. The zero-order chi connectivity index (χ0) is 18.7. The van der Waals surface area contributed by atoms with E-state index >= 15 is 0 Å². The van der Waals surface area contributed by atoms with Gasteiger partial charge in [0.1, 0.15) is 0 Å². The van der Waals surface area contributed by atoms with Crippen molar-refractivity contribution in [3.05, 3.63) is 70.8 Å². The first-order valence-electron chi connectivity index (χ1n) is 8.42. The molecule has 0 saturated carbocycles. The summed E-state index contributed by atoms with van der Waals surface area (Å²) in [6.45, 7) is 3.64. The Morgan fingerprint density at radius 2 is 1.23 bits per heavy atom. The number of carboxylic acid groups (broad SMARTS) is 1. The van der Waals surface area contributed by atoms with Crippen LogP contribution in [-0.4, -0.2) is 53.8 Å². The van der Waals surface area contributed by atoms with Crippen LogP contribution in [0.15, 0.2) is 48.5 Å². The summed E-state index contributed by atoms with van der Waals surface area (Å²) in [5, 5.41) is 10.9. The van der Waals surface area contributed by atoms with Gasteiger partial charge in [-0.1, -0.05) is 29.8 Å². The van der Waals surface area contributed by atoms with Crippen LogP contribution in [0.2, 0.25) is 0 Å². The molecule has 3 rings (SSSR count). The van der Waals surface area contributed by atoms with Crippen LogP contribution in [0.1, 0.15) is 36.6 Å². The van der Waals surface area contributed by atoms with Crippen molar-refractivity contribution < 1.29 is 19.5 Å². The van der Waals surface area contributed by atoms with E-state index in [0.717, 1.165) is 5.56 Å². The number of rotatable bonds is 3. The SMILES string of the molecule is Cc1cccc(C(=O)N2CCN(C(=O)c3cccc(C(=O)[O-])c3)CC2)c1.